The lowest BCUT2D eigenvalue weighted by atomic mass is 10.2. The predicted octanol–water partition coefficient (Wildman–Crippen LogP) is 3.50. The molecule has 130 valence electrons. The minimum Gasteiger partial charge on any atom is -0.357 e. The van der Waals surface area contributed by atoms with Crippen molar-refractivity contribution in [2.45, 2.75) is 39.3 Å². The Morgan fingerprint density at radius 1 is 1.30 bits per heavy atom. The first kappa shape index (κ1) is 20.5. The summed E-state index contributed by atoms with van der Waals surface area (Å²) in [5.41, 5.74) is 1.05. The van der Waals surface area contributed by atoms with Gasteiger partial charge in [-0.25, -0.2) is 4.99 Å². The molecule has 0 aromatic heterocycles. The van der Waals surface area contributed by atoms with E-state index in [1.807, 2.05) is 24.3 Å². The number of aliphatic imine (C=N–C) groups is 1. The van der Waals surface area contributed by atoms with E-state index in [1.54, 1.807) is 0 Å². The highest BCUT2D eigenvalue weighted by Crippen LogP contribution is 2.16. The smallest absolute Gasteiger partial charge is 0.191 e. The van der Waals surface area contributed by atoms with E-state index in [4.69, 9.17) is 11.6 Å². The molecular weight excluding hydrogens is 423 g/mol. The van der Waals surface area contributed by atoms with E-state index in [-0.39, 0.29) is 24.0 Å². The van der Waals surface area contributed by atoms with Crippen LogP contribution in [0.4, 0.5) is 0 Å². The molecule has 1 aromatic rings. The third kappa shape index (κ3) is 6.47. The Balaban J connectivity index is 0.00000264. The summed E-state index contributed by atoms with van der Waals surface area (Å²) in [6.07, 6.45) is 2.57. The molecule has 1 aliphatic rings. The number of nitrogens with zero attached hydrogens (tertiary/aromatic N) is 2. The summed E-state index contributed by atoms with van der Waals surface area (Å²) >= 11 is 6.19. The highest BCUT2D eigenvalue weighted by atomic mass is 127. The lowest BCUT2D eigenvalue weighted by Gasteiger charge is -2.24. The normalized spacial score (nSPS) is 18.6. The summed E-state index contributed by atoms with van der Waals surface area (Å²) in [6.45, 7) is 9.06. The summed E-state index contributed by atoms with van der Waals surface area (Å²) in [5, 5.41) is 7.55. The highest BCUT2D eigenvalue weighted by molar-refractivity contribution is 14.0. The van der Waals surface area contributed by atoms with Crippen LogP contribution in [-0.4, -0.2) is 43.1 Å². The summed E-state index contributed by atoms with van der Waals surface area (Å²) in [5.74, 6) is 0.866. The Labute approximate surface area is 162 Å². The van der Waals surface area contributed by atoms with Crippen LogP contribution < -0.4 is 10.6 Å². The molecule has 1 heterocycles. The van der Waals surface area contributed by atoms with Gasteiger partial charge in [0.05, 0.1) is 6.54 Å². The van der Waals surface area contributed by atoms with Crippen LogP contribution in [0.1, 0.15) is 32.3 Å². The number of likely N-dealkylation sites (tertiary alicyclic amines) is 1. The van der Waals surface area contributed by atoms with Gasteiger partial charge < -0.3 is 10.6 Å². The summed E-state index contributed by atoms with van der Waals surface area (Å²) < 4.78 is 0. The van der Waals surface area contributed by atoms with E-state index in [9.17, 15) is 0 Å². The minimum absolute atomic E-state index is 0. The zero-order chi connectivity index (χ0) is 15.8. The third-order valence-corrected chi connectivity index (χ3v) is 4.49. The Morgan fingerprint density at radius 2 is 2.09 bits per heavy atom. The van der Waals surface area contributed by atoms with Gasteiger partial charge in [0, 0.05) is 24.2 Å². The van der Waals surface area contributed by atoms with Gasteiger partial charge in [-0.2, -0.15) is 0 Å². The molecular formula is C17H28ClIN4. The Hall–Kier alpha value is -0.530. The predicted molar refractivity (Wildman–Crippen MR) is 110 cm³/mol. The van der Waals surface area contributed by atoms with E-state index in [2.05, 4.69) is 34.4 Å². The minimum atomic E-state index is 0. The molecule has 0 spiro atoms. The van der Waals surface area contributed by atoms with Crippen LogP contribution in [-0.2, 0) is 6.54 Å². The van der Waals surface area contributed by atoms with Crippen LogP contribution in [0.25, 0.3) is 0 Å². The molecule has 1 unspecified atom stereocenters. The zero-order valence-corrected chi connectivity index (χ0v) is 17.1. The number of hydrogen-bond donors (Lipinski definition) is 2. The fourth-order valence-electron chi connectivity index (χ4n) is 2.89. The molecule has 0 aliphatic carbocycles. The van der Waals surface area contributed by atoms with Gasteiger partial charge >= 0.3 is 0 Å². The Bertz CT molecular complexity index is 495. The van der Waals surface area contributed by atoms with Gasteiger partial charge in [-0.1, -0.05) is 36.7 Å². The molecule has 1 aliphatic heterocycles. The lowest BCUT2D eigenvalue weighted by Crippen LogP contribution is -2.44. The number of likely N-dealkylation sites (N-methyl/N-ethyl adjacent to an activating group) is 1. The molecule has 0 saturated carbocycles. The molecule has 1 saturated heterocycles. The van der Waals surface area contributed by atoms with Gasteiger partial charge in [0.1, 0.15) is 0 Å². The van der Waals surface area contributed by atoms with Crippen molar-refractivity contribution in [2.24, 2.45) is 4.99 Å². The molecule has 0 amide bonds. The average molecular weight is 451 g/mol. The number of nitrogens with one attached hydrogen (secondary N) is 2. The van der Waals surface area contributed by atoms with Crippen molar-refractivity contribution in [1.82, 2.24) is 15.5 Å². The van der Waals surface area contributed by atoms with Crippen LogP contribution in [0.3, 0.4) is 0 Å². The third-order valence-electron chi connectivity index (χ3n) is 4.12. The molecule has 0 radical (unpaired) electrons. The molecule has 0 bridgehead atoms. The molecule has 23 heavy (non-hydrogen) atoms. The SMILES string of the molecule is CCNC(=NCc1ccccc1Cl)NCC1CCCN1CC.I. The molecule has 1 atom stereocenters. The number of rotatable bonds is 6. The first-order valence-corrected chi connectivity index (χ1v) is 8.62. The highest BCUT2D eigenvalue weighted by Gasteiger charge is 2.22. The average Bonchev–Trinajstić information content (AvgIpc) is 2.99. The summed E-state index contributed by atoms with van der Waals surface area (Å²) in [7, 11) is 0. The number of benzene rings is 1. The van der Waals surface area contributed by atoms with Crippen molar-refractivity contribution in [3.05, 3.63) is 34.9 Å². The molecule has 2 N–H and O–H groups in total. The van der Waals surface area contributed by atoms with Crippen LogP contribution in [0, 0.1) is 0 Å². The second-order valence-corrected chi connectivity index (χ2v) is 6.00. The second kappa shape index (κ2) is 11.1. The van der Waals surface area contributed by atoms with Crippen LogP contribution in [0.2, 0.25) is 5.02 Å². The van der Waals surface area contributed by atoms with Crippen molar-refractivity contribution in [1.29, 1.82) is 0 Å². The second-order valence-electron chi connectivity index (χ2n) is 5.59. The maximum atomic E-state index is 6.19. The van der Waals surface area contributed by atoms with Crippen molar-refractivity contribution in [2.75, 3.05) is 26.2 Å². The monoisotopic (exact) mass is 450 g/mol. The first-order chi connectivity index (χ1) is 10.7. The van der Waals surface area contributed by atoms with E-state index in [0.717, 1.165) is 36.2 Å². The Kier molecular flexibility index (Phi) is 9.90. The fraction of sp³-hybridized carbons (Fsp3) is 0.588. The van der Waals surface area contributed by atoms with E-state index in [0.29, 0.717) is 12.6 Å². The fourth-order valence-corrected chi connectivity index (χ4v) is 3.09. The van der Waals surface area contributed by atoms with E-state index < -0.39 is 0 Å². The topological polar surface area (TPSA) is 39.7 Å². The van der Waals surface area contributed by atoms with Gasteiger partial charge in [0.15, 0.2) is 5.96 Å². The van der Waals surface area contributed by atoms with Crippen molar-refractivity contribution < 1.29 is 0 Å². The van der Waals surface area contributed by atoms with Crippen LogP contribution >= 0.6 is 35.6 Å². The van der Waals surface area contributed by atoms with Gasteiger partial charge in [-0.15, -0.1) is 24.0 Å². The largest absolute Gasteiger partial charge is 0.357 e. The first-order valence-electron chi connectivity index (χ1n) is 8.24. The number of halogens is 2. The summed E-state index contributed by atoms with van der Waals surface area (Å²) in [6, 6.07) is 8.48. The van der Waals surface area contributed by atoms with Gasteiger partial charge in [-0.3, -0.25) is 4.90 Å². The van der Waals surface area contributed by atoms with E-state index in [1.165, 1.54) is 19.4 Å². The van der Waals surface area contributed by atoms with E-state index >= 15 is 0 Å². The summed E-state index contributed by atoms with van der Waals surface area (Å²) in [4.78, 5) is 7.18. The molecule has 6 heteroatoms. The molecule has 1 fully saturated rings. The molecule has 2 rings (SSSR count). The number of hydrogen-bond acceptors (Lipinski definition) is 2. The molecule has 1 aromatic carbocycles. The van der Waals surface area contributed by atoms with Crippen molar-refractivity contribution >= 4 is 41.5 Å². The quantitative estimate of drug-likeness (QED) is 0.396. The van der Waals surface area contributed by atoms with Gasteiger partial charge in [0.2, 0.25) is 0 Å². The van der Waals surface area contributed by atoms with Crippen molar-refractivity contribution in [3.63, 3.8) is 0 Å². The maximum Gasteiger partial charge on any atom is 0.191 e. The zero-order valence-electron chi connectivity index (χ0n) is 14.0. The maximum absolute atomic E-state index is 6.19. The molecule has 4 nitrogen and oxygen atoms in total. The van der Waals surface area contributed by atoms with Crippen LogP contribution in [0.5, 0.6) is 0 Å². The van der Waals surface area contributed by atoms with Crippen molar-refractivity contribution in [3.8, 4) is 0 Å². The standard InChI is InChI=1S/C17H27ClN4.HI/c1-3-19-17(20-12-14-8-5-6-10-16(14)18)21-13-15-9-7-11-22(15)4-2;/h5-6,8,10,15H,3-4,7,9,11-13H2,1-2H3,(H2,19,20,21);1H. The Morgan fingerprint density at radius 3 is 2.78 bits per heavy atom. The lowest BCUT2D eigenvalue weighted by molar-refractivity contribution is 0.267. The van der Waals surface area contributed by atoms with Crippen LogP contribution in [0.15, 0.2) is 29.3 Å². The number of guanidine groups is 1. The van der Waals surface area contributed by atoms with Gasteiger partial charge in [0.25, 0.3) is 0 Å². The van der Waals surface area contributed by atoms with Gasteiger partial charge in [-0.05, 0) is 44.5 Å².